The van der Waals surface area contributed by atoms with E-state index in [1.807, 2.05) is 12.3 Å². The van der Waals surface area contributed by atoms with Crippen molar-refractivity contribution in [2.45, 2.75) is 46.2 Å². The van der Waals surface area contributed by atoms with Crippen molar-refractivity contribution in [2.24, 2.45) is 5.92 Å². The maximum Gasteiger partial charge on any atom is 0.225 e. The number of nitrogens with one attached hydrogen (secondary N) is 1. The SMILES string of the molecule is CCN(C(C)=O)c1nc(CNC2CC(C)C2)cs1. The second-order valence-corrected chi connectivity index (χ2v) is 5.88. The van der Waals surface area contributed by atoms with Gasteiger partial charge in [-0.05, 0) is 25.7 Å². The molecule has 1 fully saturated rings. The Bertz CT molecular complexity index is 412. The summed E-state index contributed by atoms with van der Waals surface area (Å²) in [6.45, 7) is 7.32. The molecule has 0 aromatic carbocycles. The fourth-order valence-corrected chi connectivity index (χ4v) is 3.24. The van der Waals surface area contributed by atoms with Crippen LogP contribution in [0.4, 0.5) is 5.13 Å². The van der Waals surface area contributed by atoms with Gasteiger partial charge >= 0.3 is 0 Å². The predicted octanol–water partition coefficient (Wildman–Crippen LogP) is 2.40. The van der Waals surface area contributed by atoms with Crippen molar-refractivity contribution in [2.75, 3.05) is 11.4 Å². The van der Waals surface area contributed by atoms with E-state index >= 15 is 0 Å². The summed E-state index contributed by atoms with van der Waals surface area (Å²) in [7, 11) is 0. The highest BCUT2D eigenvalue weighted by Crippen LogP contribution is 2.27. The number of thiazole rings is 1. The van der Waals surface area contributed by atoms with Crippen molar-refractivity contribution in [3.8, 4) is 0 Å². The Morgan fingerprint density at radius 2 is 2.33 bits per heavy atom. The number of hydrogen-bond donors (Lipinski definition) is 1. The first-order valence-electron chi connectivity index (χ1n) is 6.56. The van der Waals surface area contributed by atoms with Crippen molar-refractivity contribution < 1.29 is 4.79 Å². The van der Waals surface area contributed by atoms with E-state index in [0.717, 1.165) is 23.3 Å². The zero-order chi connectivity index (χ0) is 13.1. The minimum atomic E-state index is 0.0548. The largest absolute Gasteiger partial charge is 0.308 e. The zero-order valence-corrected chi connectivity index (χ0v) is 12.1. The number of carbonyl (C=O) groups is 1. The lowest BCUT2D eigenvalue weighted by molar-refractivity contribution is -0.116. The average molecular weight is 267 g/mol. The van der Waals surface area contributed by atoms with E-state index in [-0.39, 0.29) is 5.91 Å². The van der Waals surface area contributed by atoms with Gasteiger partial charge in [-0.1, -0.05) is 6.92 Å². The standard InChI is InChI=1S/C13H21N3OS/c1-4-16(10(3)17)13-15-12(8-18-13)7-14-11-5-9(2)6-11/h8-9,11,14H,4-7H2,1-3H3. The maximum absolute atomic E-state index is 11.4. The quantitative estimate of drug-likeness (QED) is 0.891. The first kappa shape index (κ1) is 13.5. The molecule has 0 spiro atoms. The molecule has 18 heavy (non-hydrogen) atoms. The molecule has 1 amide bonds. The van der Waals surface area contributed by atoms with E-state index in [1.54, 1.807) is 23.2 Å². The molecule has 0 radical (unpaired) electrons. The van der Waals surface area contributed by atoms with Crippen LogP contribution in [-0.4, -0.2) is 23.5 Å². The van der Waals surface area contributed by atoms with Gasteiger partial charge in [-0.3, -0.25) is 9.69 Å². The highest BCUT2D eigenvalue weighted by molar-refractivity contribution is 7.14. The molecule has 2 rings (SSSR count). The van der Waals surface area contributed by atoms with Crippen LogP contribution in [0, 0.1) is 5.92 Å². The third-order valence-corrected chi connectivity index (χ3v) is 4.32. The summed E-state index contributed by atoms with van der Waals surface area (Å²) in [5, 5.41) is 6.35. The number of hydrogen-bond acceptors (Lipinski definition) is 4. The molecule has 0 unspecified atom stereocenters. The average Bonchev–Trinajstić information content (AvgIpc) is 2.72. The lowest BCUT2D eigenvalue weighted by atomic mass is 9.82. The Balaban J connectivity index is 1.87. The summed E-state index contributed by atoms with van der Waals surface area (Å²) in [5.74, 6) is 0.918. The van der Waals surface area contributed by atoms with Gasteiger partial charge in [0.1, 0.15) is 0 Å². The molecule has 1 aromatic rings. The minimum Gasteiger partial charge on any atom is -0.308 e. The molecule has 1 aromatic heterocycles. The molecule has 5 heteroatoms. The van der Waals surface area contributed by atoms with Crippen LogP contribution < -0.4 is 10.2 Å². The number of carbonyl (C=O) groups excluding carboxylic acids is 1. The molecule has 1 N–H and O–H groups in total. The van der Waals surface area contributed by atoms with Gasteiger partial charge in [0.2, 0.25) is 5.91 Å². The summed E-state index contributed by atoms with van der Waals surface area (Å²) < 4.78 is 0. The van der Waals surface area contributed by atoms with Gasteiger partial charge in [-0.15, -0.1) is 11.3 Å². The van der Waals surface area contributed by atoms with Crippen molar-refractivity contribution in [1.82, 2.24) is 10.3 Å². The fraction of sp³-hybridized carbons (Fsp3) is 0.692. The van der Waals surface area contributed by atoms with Crippen LogP contribution in [0.25, 0.3) is 0 Å². The monoisotopic (exact) mass is 267 g/mol. The number of aromatic nitrogens is 1. The minimum absolute atomic E-state index is 0.0548. The van der Waals surface area contributed by atoms with E-state index in [4.69, 9.17) is 0 Å². The molecule has 1 heterocycles. The molecular weight excluding hydrogens is 246 g/mol. The first-order chi connectivity index (χ1) is 8.60. The Morgan fingerprint density at radius 3 is 2.89 bits per heavy atom. The second kappa shape index (κ2) is 5.80. The van der Waals surface area contributed by atoms with Gasteiger partial charge in [-0.2, -0.15) is 0 Å². The molecule has 100 valence electrons. The summed E-state index contributed by atoms with van der Waals surface area (Å²) in [6.07, 6.45) is 2.54. The number of nitrogens with zero attached hydrogens (tertiary/aromatic N) is 2. The highest BCUT2D eigenvalue weighted by atomic mass is 32.1. The number of rotatable bonds is 5. The lowest BCUT2D eigenvalue weighted by Gasteiger charge is -2.33. The molecule has 0 aliphatic heterocycles. The summed E-state index contributed by atoms with van der Waals surface area (Å²) >= 11 is 1.54. The van der Waals surface area contributed by atoms with Gasteiger partial charge in [0, 0.05) is 31.4 Å². The Labute approximate surface area is 112 Å². The molecular formula is C13H21N3OS. The molecule has 1 aliphatic carbocycles. The number of amides is 1. The Hall–Kier alpha value is -0.940. The Morgan fingerprint density at radius 1 is 1.61 bits per heavy atom. The van der Waals surface area contributed by atoms with E-state index in [2.05, 4.69) is 17.2 Å². The van der Waals surface area contributed by atoms with Crippen molar-refractivity contribution >= 4 is 22.4 Å². The van der Waals surface area contributed by atoms with Gasteiger partial charge < -0.3 is 5.32 Å². The van der Waals surface area contributed by atoms with E-state index in [0.29, 0.717) is 12.6 Å². The lowest BCUT2D eigenvalue weighted by Crippen LogP contribution is -2.39. The summed E-state index contributed by atoms with van der Waals surface area (Å²) in [5.41, 5.74) is 1.04. The smallest absolute Gasteiger partial charge is 0.225 e. The topological polar surface area (TPSA) is 45.2 Å². The molecule has 4 nitrogen and oxygen atoms in total. The molecule has 1 saturated carbocycles. The van der Waals surface area contributed by atoms with Crippen LogP contribution in [0.3, 0.4) is 0 Å². The van der Waals surface area contributed by atoms with Crippen LogP contribution in [0.15, 0.2) is 5.38 Å². The van der Waals surface area contributed by atoms with Crippen LogP contribution in [0.2, 0.25) is 0 Å². The Kier molecular flexibility index (Phi) is 4.35. The normalized spacial score (nSPS) is 22.6. The van der Waals surface area contributed by atoms with E-state index in [9.17, 15) is 4.79 Å². The third kappa shape index (κ3) is 3.09. The van der Waals surface area contributed by atoms with Crippen molar-refractivity contribution in [3.05, 3.63) is 11.1 Å². The third-order valence-electron chi connectivity index (χ3n) is 3.41. The molecule has 0 atom stereocenters. The van der Waals surface area contributed by atoms with Crippen LogP contribution in [0.5, 0.6) is 0 Å². The number of anilines is 1. The van der Waals surface area contributed by atoms with E-state index in [1.165, 1.54) is 12.8 Å². The predicted molar refractivity (Wildman–Crippen MR) is 74.8 cm³/mol. The molecule has 0 saturated heterocycles. The fourth-order valence-electron chi connectivity index (χ4n) is 2.31. The van der Waals surface area contributed by atoms with Crippen LogP contribution >= 0.6 is 11.3 Å². The second-order valence-electron chi connectivity index (χ2n) is 5.04. The summed E-state index contributed by atoms with van der Waals surface area (Å²) in [6, 6.07) is 0.653. The van der Waals surface area contributed by atoms with Crippen molar-refractivity contribution in [3.63, 3.8) is 0 Å². The first-order valence-corrected chi connectivity index (χ1v) is 7.44. The molecule has 1 aliphatic rings. The van der Waals surface area contributed by atoms with Gasteiger partial charge in [0.15, 0.2) is 5.13 Å². The maximum atomic E-state index is 11.4. The molecule has 0 bridgehead atoms. The van der Waals surface area contributed by atoms with Crippen LogP contribution in [-0.2, 0) is 11.3 Å². The van der Waals surface area contributed by atoms with Gasteiger partial charge in [-0.25, -0.2) is 4.98 Å². The highest BCUT2D eigenvalue weighted by Gasteiger charge is 2.24. The van der Waals surface area contributed by atoms with E-state index < -0.39 is 0 Å². The van der Waals surface area contributed by atoms with Gasteiger partial charge in [0.25, 0.3) is 0 Å². The zero-order valence-electron chi connectivity index (χ0n) is 11.3. The van der Waals surface area contributed by atoms with Crippen LogP contribution in [0.1, 0.15) is 39.3 Å². The van der Waals surface area contributed by atoms with Crippen molar-refractivity contribution in [1.29, 1.82) is 0 Å². The summed E-state index contributed by atoms with van der Waals surface area (Å²) in [4.78, 5) is 17.6. The van der Waals surface area contributed by atoms with Gasteiger partial charge in [0.05, 0.1) is 5.69 Å².